The van der Waals surface area contributed by atoms with Crippen LogP contribution in [0.15, 0.2) is 47.6 Å². The van der Waals surface area contributed by atoms with Gasteiger partial charge in [-0.05, 0) is 58.4 Å². The topological polar surface area (TPSA) is 34.0 Å². The van der Waals surface area contributed by atoms with Crippen molar-refractivity contribution < 1.29 is 4.39 Å². The summed E-state index contributed by atoms with van der Waals surface area (Å²) in [5.41, 5.74) is 4.74. The highest BCUT2D eigenvalue weighted by molar-refractivity contribution is 7.99. The number of benzene rings is 2. The van der Waals surface area contributed by atoms with Gasteiger partial charge >= 0.3 is 0 Å². The van der Waals surface area contributed by atoms with Gasteiger partial charge in [0.15, 0.2) is 11.0 Å². The molecule has 0 amide bonds. The van der Waals surface area contributed by atoms with Gasteiger partial charge < -0.3 is 4.90 Å². The number of halogens is 1. The van der Waals surface area contributed by atoms with E-state index in [-0.39, 0.29) is 16.6 Å². The Morgan fingerprint density at radius 3 is 2.03 bits per heavy atom. The lowest BCUT2D eigenvalue weighted by Crippen LogP contribution is -2.30. The number of hydrogen-bond donors (Lipinski definition) is 0. The predicted octanol–water partition coefficient (Wildman–Crippen LogP) is 6.21. The van der Waals surface area contributed by atoms with Crippen LogP contribution in [-0.2, 0) is 17.5 Å². The molecule has 2 aromatic carbocycles. The highest BCUT2D eigenvalue weighted by Crippen LogP contribution is 2.36. The highest BCUT2D eigenvalue weighted by atomic mass is 32.2. The molecule has 1 aromatic heterocycles. The highest BCUT2D eigenvalue weighted by Gasteiger charge is 2.26. The lowest BCUT2D eigenvalue weighted by molar-refractivity contribution is 0.568. The minimum Gasteiger partial charge on any atom is -0.344 e. The molecule has 0 aliphatic carbocycles. The van der Waals surface area contributed by atoms with E-state index in [0.29, 0.717) is 6.67 Å². The molecule has 158 valence electrons. The maximum atomic E-state index is 13.3. The van der Waals surface area contributed by atoms with Gasteiger partial charge in [0.05, 0.1) is 12.5 Å². The summed E-state index contributed by atoms with van der Waals surface area (Å²) in [7, 11) is 0. The zero-order chi connectivity index (χ0) is 21.7. The van der Waals surface area contributed by atoms with Crippen LogP contribution in [-0.4, -0.2) is 20.6 Å². The van der Waals surface area contributed by atoms with Crippen molar-refractivity contribution in [3.8, 4) is 11.4 Å². The number of rotatable bonds is 2. The molecule has 0 atom stereocenters. The number of hydrogen-bond acceptors (Lipinski definition) is 4. The molecule has 2 heterocycles. The summed E-state index contributed by atoms with van der Waals surface area (Å²) >= 11 is 1.65. The maximum absolute atomic E-state index is 13.3. The molecule has 6 heteroatoms. The number of anilines is 1. The lowest BCUT2D eigenvalue weighted by Gasteiger charge is -2.30. The van der Waals surface area contributed by atoms with Crippen LogP contribution in [0.2, 0.25) is 0 Å². The summed E-state index contributed by atoms with van der Waals surface area (Å²) in [6, 6.07) is 13.5. The molecule has 0 bridgehead atoms. The predicted molar refractivity (Wildman–Crippen MR) is 122 cm³/mol. The molecular formula is C24H29FN4S. The number of nitrogens with zero attached hydrogens (tertiary/aromatic N) is 4. The molecule has 3 aromatic rings. The van der Waals surface area contributed by atoms with Gasteiger partial charge in [-0.25, -0.2) is 4.39 Å². The van der Waals surface area contributed by atoms with Crippen LogP contribution in [0, 0.1) is 5.82 Å². The molecule has 0 radical (unpaired) electrons. The molecule has 1 aliphatic heterocycles. The van der Waals surface area contributed by atoms with Crippen molar-refractivity contribution >= 4 is 17.4 Å². The smallest absolute Gasteiger partial charge is 0.194 e. The minimum absolute atomic E-state index is 0.0374. The number of aromatic nitrogens is 3. The second kappa shape index (κ2) is 7.41. The standard InChI is InChI=1S/C24H29FN4S/c1-23(2,3)17-11-16(12-18(13-17)24(4,5)6)21-26-27-22-29(21)14-28(15-30-22)20-9-7-19(25)8-10-20/h7-13H,14-15H2,1-6H3. The van der Waals surface area contributed by atoms with Crippen LogP contribution in [0.5, 0.6) is 0 Å². The molecule has 30 heavy (non-hydrogen) atoms. The molecular weight excluding hydrogens is 395 g/mol. The summed E-state index contributed by atoms with van der Waals surface area (Å²) in [6.45, 7) is 14.1. The van der Waals surface area contributed by atoms with E-state index in [0.717, 1.165) is 28.1 Å². The number of thioether (sulfide) groups is 1. The fourth-order valence-electron chi connectivity index (χ4n) is 3.51. The van der Waals surface area contributed by atoms with E-state index < -0.39 is 0 Å². The second-order valence-corrected chi connectivity index (χ2v) is 10.9. The van der Waals surface area contributed by atoms with Gasteiger partial charge in [0.25, 0.3) is 0 Å². The average molecular weight is 425 g/mol. The minimum atomic E-state index is -0.220. The van der Waals surface area contributed by atoms with Crippen molar-refractivity contribution in [1.29, 1.82) is 0 Å². The van der Waals surface area contributed by atoms with E-state index in [9.17, 15) is 4.39 Å². The zero-order valence-electron chi connectivity index (χ0n) is 18.5. The Morgan fingerprint density at radius 1 is 0.867 bits per heavy atom. The van der Waals surface area contributed by atoms with Crippen LogP contribution < -0.4 is 4.90 Å². The van der Waals surface area contributed by atoms with Crippen LogP contribution >= 0.6 is 11.8 Å². The van der Waals surface area contributed by atoms with Gasteiger partial charge in [0.2, 0.25) is 0 Å². The van der Waals surface area contributed by atoms with Crippen molar-refractivity contribution in [3.63, 3.8) is 0 Å². The first-order chi connectivity index (χ1) is 14.0. The quantitative estimate of drug-likeness (QED) is 0.490. The summed E-state index contributed by atoms with van der Waals surface area (Å²) in [5, 5.41) is 9.93. The molecule has 0 saturated heterocycles. The van der Waals surface area contributed by atoms with Gasteiger partial charge in [-0.3, -0.25) is 4.57 Å². The Kier molecular flexibility index (Phi) is 5.17. The van der Waals surface area contributed by atoms with Crippen molar-refractivity contribution in [1.82, 2.24) is 14.8 Å². The Hall–Kier alpha value is -2.34. The first-order valence-electron chi connectivity index (χ1n) is 10.3. The molecule has 0 fully saturated rings. The molecule has 0 unspecified atom stereocenters. The third kappa shape index (κ3) is 4.10. The lowest BCUT2D eigenvalue weighted by atomic mass is 9.79. The van der Waals surface area contributed by atoms with Crippen LogP contribution in [0.1, 0.15) is 52.7 Å². The van der Waals surface area contributed by atoms with Gasteiger partial charge in [-0.2, -0.15) is 0 Å². The Morgan fingerprint density at radius 2 is 1.47 bits per heavy atom. The van der Waals surface area contributed by atoms with Gasteiger partial charge in [-0.1, -0.05) is 59.4 Å². The van der Waals surface area contributed by atoms with E-state index >= 15 is 0 Å². The Balaban J connectivity index is 1.77. The summed E-state index contributed by atoms with van der Waals surface area (Å²) in [6.07, 6.45) is 0. The molecule has 4 nitrogen and oxygen atoms in total. The molecule has 0 spiro atoms. The fraction of sp³-hybridized carbons (Fsp3) is 0.417. The molecule has 0 N–H and O–H groups in total. The van der Waals surface area contributed by atoms with Crippen LogP contribution in [0.25, 0.3) is 11.4 Å². The van der Waals surface area contributed by atoms with Gasteiger partial charge in [0.1, 0.15) is 5.82 Å². The van der Waals surface area contributed by atoms with E-state index in [1.54, 1.807) is 11.8 Å². The van der Waals surface area contributed by atoms with Crippen LogP contribution in [0.4, 0.5) is 10.1 Å². The van der Waals surface area contributed by atoms with Crippen molar-refractivity contribution in [2.24, 2.45) is 0 Å². The van der Waals surface area contributed by atoms with Crippen LogP contribution in [0.3, 0.4) is 0 Å². The van der Waals surface area contributed by atoms with E-state index in [2.05, 4.69) is 79.4 Å². The maximum Gasteiger partial charge on any atom is 0.194 e. The number of fused-ring (bicyclic) bond motifs is 1. The van der Waals surface area contributed by atoms with E-state index in [4.69, 9.17) is 0 Å². The van der Waals surface area contributed by atoms with Crippen molar-refractivity contribution in [2.75, 3.05) is 10.8 Å². The third-order valence-electron chi connectivity index (χ3n) is 5.49. The summed E-state index contributed by atoms with van der Waals surface area (Å²) < 4.78 is 15.5. The van der Waals surface area contributed by atoms with E-state index in [1.807, 2.05) is 12.1 Å². The second-order valence-electron chi connectivity index (χ2n) is 9.96. The first kappa shape index (κ1) is 20.9. The first-order valence-corrected chi connectivity index (χ1v) is 11.2. The normalized spacial score (nSPS) is 14.7. The average Bonchev–Trinajstić information content (AvgIpc) is 3.10. The summed E-state index contributed by atoms with van der Waals surface area (Å²) in [4.78, 5) is 2.21. The van der Waals surface area contributed by atoms with Gasteiger partial charge in [-0.15, -0.1) is 10.2 Å². The zero-order valence-corrected chi connectivity index (χ0v) is 19.3. The Bertz CT molecular complexity index is 1030. The molecule has 1 aliphatic rings. The third-order valence-corrected chi connectivity index (χ3v) is 6.49. The van der Waals surface area contributed by atoms with Gasteiger partial charge in [0, 0.05) is 11.3 Å². The SMILES string of the molecule is CC(C)(C)c1cc(-c2nnc3n2CN(c2ccc(F)cc2)CS3)cc(C(C)(C)C)c1. The van der Waals surface area contributed by atoms with Crippen molar-refractivity contribution in [2.45, 2.75) is 64.2 Å². The molecule has 4 rings (SSSR count). The monoisotopic (exact) mass is 424 g/mol. The van der Waals surface area contributed by atoms with Crippen molar-refractivity contribution in [3.05, 3.63) is 59.4 Å². The largest absolute Gasteiger partial charge is 0.344 e. The summed E-state index contributed by atoms with van der Waals surface area (Å²) in [5.74, 6) is 1.42. The fourth-order valence-corrected chi connectivity index (χ4v) is 4.42. The Labute approximate surface area is 182 Å². The molecule has 0 saturated carbocycles. The van der Waals surface area contributed by atoms with E-state index in [1.165, 1.54) is 23.3 Å².